The van der Waals surface area contributed by atoms with Crippen LogP contribution in [0.3, 0.4) is 0 Å². The van der Waals surface area contributed by atoms with Crippen LogP contribution in [0.2, 0.25) is 0 Å². The monoisotopic (exact) mass is 258 g/mol. The van der Waals surface area contributed by atoms with Gasteiger partial charge in [-0.15, -0.1) is 0 Å². The van der Waals surface area contributed by atoms with E-state index in [0.717, 1.165) is 36.1 Å². The van der Waals surface area contributed by atoms with E-state index in [1.165, 1.54) is 0 Å². The number of hydrogen-bond acceptors (Lipinski definition) is 4. The smallest absolute Gasteiger partial charge is 0.137 e. The third-order valence-corrected chi connectivity index (χ3v) is 3.70. The van der Waals surface area contributed by atoms with E-state index in [0.29, 0.717) is 5.92 Å². The van der Waals surface area contributed by atoms with Gasteiger partial charge in [0.25, 0.3) is 0 Å². The first-order valence-corrected chi connectivity index (χ1v) is 6.95. The largest absolute Gasteiger partial charge is 0.368 e. The van der Waals surface area contributed by atoms with E-state index in [2.05, 4.69) is 29.1 Å². The van der Waals surface area contributed by atoms with Crippen LogP contribution in [0.4, 0.5) is 5.82 Å². The summed E-state index contributed by atoms with van der Waals surface area (Å²) in [5, 5.41) is 4.40. The molecule has 1 aromatic carbocycles. The molecule has 4 heteroatoms. The molecular weight excluding hydrogens is 236 g/mol. The van der Waals surface area contributed by atoms with Gasteiger partial charge in [-0.05, 0) is 18.1 Å². The highest BCUT2D eigenvalue weighted by Crippen LogP contribution is 2.19. The second kappa shape index (κ2) is 6.48. The van der Waals surface area contributed by atoms with E-state index in [4.69, 9.17) is 5.73 Å². The van der Waals surface area contributed by atoms with Crippen LogP contribution in [0, 0.1) is 5.92 Å². The van der Waals surface area contributed by atoms with Gasteiger partial charge in [0, 0.05) is 18.0 Å². The molecule has 0 fully saturated rings. The van der Waals surface area contributed by atoms with Crippen molar-refractivity contribution < 1.29 is 0 Å². The predicted octanol–water partition coefficient (Wildman–Crippen LogP) is 2.81. The van der Waals surface area contributed by atoms with Crippen molar-refractivity contribution in [1.29, 1.82) is 0 Å². The van der Waals surface area contributed by atoms with Crippen LogP contribution in [-0.2, 0) is 0 Å². The van der Waals surface area contributed by atoms with Crippen molar-refractivity contribution in [3.8, 4) is 0 Å². The number of fused-ring (bicyclic) bond motifs is 1. The molecule has 19 heavy (non-hydrogen) atoms. The molecule has 0 amide bonds. The maximum Gasteiger partial charge on any atom is 0.137 e. The SMILES string of the molecule is CCC(CC)C(N)CNc1ncnc2ccccc12. The molecule has 3 N–H and O–H groups in total. The fourth-order valence-electron chi connectivity index (χ4n) is 2.42. The molecule has 102 valence electrons. The molecule has 0 saturated carbocycles. The molecule has 0 aliphatic heterocycles. The van der Waals surface area contributed by atoms with Crippen molar-refractivity contribution in [2.24, 2.45) is 11.7 Å². The number of aromatic nitrogens is 2. The summed E-state index contributed by atoms with van der Waals surface area (Å²) in [6.45, 7) is 5.12. The Morgan fingerprint density at radius 3 is 2.63 bits per heavy atom. The Bertz CT molecular complexity index is 517. The molecule has 2 aromatic rings. The van der Waals surface area contributed by atoms with Gasteiger partial charge >= 0.3 is 0 Å². The Morgan fingerprint density at radius 2 is 1.89 bits per heavy atom. The molecule has 1 unspecified atom stereocenters. The van der Waals surface area contributed by atoms with Crippen molar-refractivity contribution in [1.82, 2.24) is 9.97 Å². The summed E-state index contributed by atoms with van der Waals surface area (Å²) in [7, 11) is 0. The van der Waals surface area contributed by atoms with Crippen LogP contribution in [-0.4, -0.2) is 22.6 Å². The fraction of sp³-hybridized carbons (Fsp3) is 0.467. The number of nitrogens with one attached hydrogen (secondary N) is 1. The molecule has 1 atom stereocenters. The van der Waals surface area contributed by atoms with Crippen LogP contribution in [0.25, 0.3) is 10.9 Å². The summed E-state index contributed by atoms with van der Waals surface area (Å²) in [4.78, 5) is 8.57. The van der Waals surface area contributed by atoms with Gasteiger partial charge in [0.15, 0.2) is 0 Å². The van der Waals surface area contributed by atoms with Crippen LogP contribution < -0.4 is 11.1 Å². The second-order valence-electron chi connectivity index (χ2n) is 4.86. The van der Waals surface area contributed by atoms with Crippen LogP contribution >= 0.6 is 0 Å². The summed E-state index contributed by atoms with van der Waals surface area (Å²) in [5.41, 5.74) is 7.18. The fourth-order valence-corrected chi connectivity index (χ4v) is 2.42. The first-order valence-electron chi connectivity index (χ1n) is 6.95. The lowest BCUT2D eigenvalue weighted by atomic mass is 9.95. The molecule has 2 rings (SSSR count). The van der Waals surface area contributed by atoms with Crippen molar-refractivity contribution >= 4 is 16.7 Å². The average molecular weight is 258 g/mol. The molecule has 0 radical (unpaired) electrons. The normalized spacial score (nSPS) is 12.8. The van der Waals surface area contributed by atoms with Gasteiger partial charge in [0.1, 0.15) is 12.1 Å². The molecule has 0 spiro atoms. The Hall–Kier alpha value is -1.68. The lowest BCUT2D eigenvalue weighted by molar-refractivity contribution is 0.407. The molecule has 0 saturated heterocycles. The van der Waals surface area contributed by atoms with Gasteiger partial charge in [0.2, 0.25) is 0 Å². The summed E-state index contributed by atoms with van der Waals surface area (Å²) >= 11 is 0. The van der Waals surface area contributed by atoms with Crippen LogP contribution in [0.5, 0.6) is 0 Å². The van der Waals surface area contributed by atoms with Crippen molar-refractivity contribution in [3.05, 3.63) is 30.6 Å². The Labute approximate surface area is 114 Å². The zero-order valence-corrected chi connectivity index (χ0v) is 11.6. The summed E-state index contributed by atoms with van der Waals surface area (Å²) < 4.78 is 0. The first kappa shape index (κ1) is 13.7. The Kier molecular flexibility index (Phi) is 4.68. The quantitative estimate of drug-likeness (QED) is 0.836. The molecule has 1 heterocycles. The maximum atomic E-state index is 6.22. The van der Waals surface area contributed by atoms with Gasteiger partial charge in [0.05, 0.1) is 5.52 Å². The number of hydrogen-bond donors (Lipinski definition) is 2. The number of anilines is 1. The first-order chi connectivity index (χ1) is 9.26. The zero-order chi connectivity index (χ0) is 13.7. The van der Waals surface area contributed by atoms with Crippen molar-refractivity contribution in [2.45, 2.75) is 32.7 Å². The van der Waals surface area contributed by atoms with Gasteiger partial charge < -0.3 is 11.1 Å². The third kappa shape index (κ3) is 3.20. The van der Waals surface area contributed by atoms with E-state index < -0.39 is 0 Å². The van der Waals surface area contributed by atoms with Gasteiger partial charge in [-0.2, -0.15) is 0 Å². The van der Waals surface area contributed by atoms with E-state index in [1.54, 1.807) is 6.33 Å². The topological polar surface area (TPSA) is 63.8 Å². The van der Waals surface area contributed by atoms with E-state index in [1.807, 2.05) is 24.3 Å². The minimum atomic E-state index is 0.156. The lowest BCUT2D eigenvalue weighted by Crippen LogP contribution is -2.36. The Morgan fingerprint density at radius 1 is 1.16 bits per heavy atom. The van der Waals surface area contributed by atoms with E-state index >= 15 is 0 Å². The van der Waals surface area contributed by atoms with Gasteiger partial charge in [-0.3, -0.25) is 0 Å². The standard InChI is InChI=1S/C15H22N4/c1-3-11(4-2)13(16)9-17-15-12-7-5-6-8-14(12)18-10-19-15/h5-8,10-11,13H,3-4,9,16H2,1-2H3,(H,17,18,19). The number of nitrogens with zero attached hydrogens (tertiary/aromatic N) is 2. The lowest BCUT2D eigenvalue weighted by Gasteiger charge is -2.21. The van der Waals surface area contributed by atoms with Gasteiger partial charge in [-0.1, -0.05) is 38.8 Å². The molecule has 4 nitrogen and oxygen atoms in total. The van der Waals surface area contributed by atoms with Crippen molar-refractivity contribution in [3.63, 3.8) is 0 Å². The van der Waals surface area contributed by atoms with Crippen molar-refractivity contribution in [2.75, 3.05) is 11.9 Å². The van der Waals surface area contributed by atoms with Gasteiger partial charge in [-0.25, -0.2) is 9.97 Å². The predicted molar refractivity (Wildman–Crippen MR) is 80.1 cm³/mol. The van der Waals surface area contributed by atoms with Crippen LogP contribution in [0.15, 0.2) is 30.6 Å². The highest BCUT2D eigenvalue weighted by Gasteiger charge is 2.14. The van der Waals surface area contributed by atoms with E-state index in [-0.39, 0.29) is 6.04 Å². The highest BCUT2D eigenvalue weighted by atomic mass is 15.0. The van der Waals surface area contributed by atoms with Crippen LogP contribution in [0.1, 0.15) is 26.7 Å². The number of benzene rings is 1. The molecule has 0 bridgehead atoms. The molecular formula is C15H22N4. The third-order valence-electron chi connectivity index (χ3n) is 3.70. The number of rotatable bonds is 6. The Balaban J connectivity index is 2.09. The molecule has 0 aliphatic rings. The summed E-state index contributed by atoms with van der Waals surface area (Å²) in [6, 6.07) is 8.15. The average Bonchev–Trinajstić information content (AvgIpc) is 2.46. The zero-order valence-electron chi connectivity index (χ0n) is 11.6. The number of para-hydroxylation sites is 1. The number of nitrogens with two attached hydrogens (primary N) is 1. The van der Waals surface area contributed by atoms with E-state index in [9.17, 15) is 0 Å². The second-order valence-corrected chi connectivity index (χ2v) is 4.86. The minimum Gasteiger partial charge on any atom is -0.368 e. The summed E-state index contributed by atoms with van der Waals surface area (Å²) in [5.74, 6) is 1.42. The molecule has 1 aromatic heterocycles. The maximum absolute atomic E-state index is 6.22. The molecule has 0 aliphatic carbocycles. The highest BCUT2D eigenvalue weighted by molar-refractivity contribution is 5.88. The minimum absolute atomic E-state index is 0.156. The summed E-state index contributed by atoms with van der Waals surface area (Å²) in [6.07, 6.45) is 3.82.